The first kappa shape index (κ1) is 20.8. The molecule has 2 heterocycles. The van der Waals surface area contributed by atoms with Gasteiger partial charge in [0.2, 0.25) is 4.80 Å². The minimum atomic E-state index is 0.565. The first-order valence-corrected chi connectivity index (χ1v) is 10.8. The van der Waals surface area contributed by atoms with E-state index in [1.807, 2.05) is 48.9 Å². The molecule has 0 atom stereocenters. The maximum atomic E-state index is 5.35. The fraction of sp³-hybridized carbons (Fsp3) is 0.160. The molecule has 0 N–H and O–H groups in total. The van der Waals surface area contributed by atoms with Crippen molar-refractivity contribution in [3.63, 3.8) is 0 Å². The normalized spacial score (nSPS) is 12.4. The molecule has 0 aliphatic rings. The summed E-state index contributed by atoms with van der Waals surface area (Å²) >= 11 is 1.57. The van der Waals surface area contributed by atoms with Crippen LogP contribution in [0.15, 0.2) is 88.4 Å². The Labute approximate surface area is 185 Å². The number of pyridine rings is 1. The second kappa shape index (κ2) is 9.10. The van der Waals surface area contributed by atoms with Crippen LogP contribution in [0.3, 0.4) is 0 Å². The van der Waals surface area contributed by atoms with E-state index in [2.05, 4.69) is 41.2 Å². The Morgan fingerprint density at radius 2 is 1.90 bits per heavy atom. The van der Waals surface area contributed by atoms with Crippen LogP contribution in [-0.2, 0) is 0 Å². The fourth-order valence-electron chi connectivity index (χ4n) is 3.19. The number of hydrogen-bond acceptors (Lipinski definition) is 5. The molecule has 31 heavy (non-hydrogen) atoms. The molecular weight excluding hydrogens is 404 g/mol. The Morgan fingerprint density at radius 3 is 2.65 bits per heavy atom. The topological polar surface area (TPSA) is 51.8 Å². The van der Waals surface area contributed by atoms with E-state index in [9.17, 15) is 0 Å². The van der Waals surface area contributed by atoms with Crippen LogP contribution in [-0.4, -0.2) is 29.0 Å². The number of ether oxygens (including phenoxy) is 1. The van der Waals surface area contributed by atoms with Gasteiger partial charge in [0.05, 0.1) is 30.8 Å². The quantitative estimate of drug-likeness (QED) is 0.300. The maximum absolute atomic E-state index is 5.35. The van der Waals surface area contributed by atoms with Crippen LogP contribution in [0.1, 0.15) is 19.5 Å². The average Bonchev–Trinajstić information content (AvgIpc) is 3.19. The molecule has 0 amide bonds. The monoisotopic (exact) mass is 428 g/mol. The van der Waals surface area contributed by atoms with Crippen molar-refractivity contribution in [2.75, 3.05) is 13.7 Å². The van der Waals surface area contributed by atoms with E-state index >= 15 is 0 Å². The lowest BCUT2D eigenvalue weighted by Crippen LogP contribution is -2.15. The Morgan fingerprint density at radius 1 is 1.10 bits per heavy atom. The predicted molar refractivity (Wildman–Crippen MR) is 129 cm³/mol. The van der Waals surface area contributed by atoms with Crippen molar-refractivity contribution in [1.29, 1.82) is 0 Å². The van der Waals surface area contributed by atoms with Gasteiger partial charge >= 0.3 is 0 Å². The molecule has 5 nitrogen and oxygen atoms in total. The summed E-state index contributed by atoms with van der Waals surface area (Å²) in [7, 11) is 1.68. The van der Waals surface area contributed by atoms with Gasteiger partial charge in [-0.2, -0.15) is 5.10 Å². The highest BCUT2D eigenvalue weighted by Gasteiger charge is 2.10. The molecule has 0 radical (unpaired) electrons. The van der Waals surface area contributed by atoms with Crippen molar-refractivity contribution < 1.29 is 4.74 Å². The van der Waals surface area contributed by atoms with Crippen LogP contribution in [0, 0.1) is 0 Å². The maximum Gasteiger partial charge on any atom is 0.206 e. The predicted octanol–water partition coefficient (Wildman–Crippen LogP) is 5.52. The molecule has 4 rings (SSSR count). The highest BCUT2D eigenvalue weighted by molar-refractivity contribution is 7.07. The molecule has 0 aliphatic heterocycles. The van der Waals surface area contributed by atoms with E-state index in [1.165, 1.54) is 0 Å². The van der Waals surface area contributed by atoms with Gasteiger partial charge in [0.1, 0.15) is 5.75 Å². The van der Waals surface area contributed by atoms with E-state index in [0.29, 0.717) is 6.54 Å². The average molecular weight is 429 g/mol. The van der Waals surface area contributed by atoms with Gasteiger partial charge in [-0.25, -0.2) is 4.68 Å². The van der Waals surface area contributed by atoms with Gasteiger partial charge in [0.25, 0.3) is 0 Å². The second-order valence-corrected chi connectivity index (χ2v) is 8.15. The van der Waals surface area contributed by atoms with Gasteiger partial charge in [-0.1, -0.05) is 36.4 Å². The lowest BCUT2D eigenvalue weighted by Gasteiger charge is -2.08. The molecule has 156 valence electrons. The van der Waals surface area contributed by atoms with Crippen LogP contribution in [0.4, 0.5) is 0 Å². The van der Waals surface area contributed by atoms with Gasteiger partial charge < -0.3 is 4.74 Å². The Hall–Kier alpha value is -3.51. The third-order valence-electron chi connectivity index (χ3n) is 4.80. The minimum absolute atomic E-state index is 0.565. The first-order valence-electron chi connectivity index (χ1n) is 9.96. The second-order valence-electron chi connectivity index (χ2n) is 7.32. The van der Waals surface area contributed by atoms with Crippen LogP contribution in [0.5, 0.6) is 5.75 Å². The molecule has 0 unspecified atom stereocenters. The van der Waals surface area contributed by atoms with Crippen molar-refractivity contribution in [3.05, 3.63) is 88.8 Å². The number of hydrogen-bond donors (Lipinski definition) is 0. The van der Waals surface area contributed by atoms with Gasteiger partial charge in [-0.15, -0.1) is 11.3 Å². The molecule has 4 aromatic rings. The fourth-order valence-corrected chi connectivity index (χ4v) is 4.02. The number of benzene rings is 2. The third-order valence-corrected chi connectivity index (χ3v) is 5.65. The standard InChI is InChI=1S/C25H24N4OS/c1-17(2)15-27-25-29(28-18(3)23-7-5-6-12-26-23)24(16-31-25)21-9-8-20-14-22(30-4)11-10-19(20)13-21/h5-14,16H,1,15H2,2-4H3. The number of fused-ring (bicyclic) bond motifs is 1. The highest BCUT2D eigenvalue weighted by Crippen LogP contribution is 2.27. The minimum Gasteiger partial charge on any atom is -0.497 e. The van der Waals surface area contributed by atoms with E-state index < -0.39 is 0 Å². The number of thiazole rings is 1. The molecule has 6 heteroatoms. The SMILES string of the molecule is C=C(C)CN=c1scc(-c2ccc3cc(OC)ccc3c2)n1N=C(C)c1ccccn1. The molecule has 2 aromatic heterocycles. The van der Waals surface area contributed by atoms with E-state index in [-0.39, 0.29) is 0 Å². The van der Waals surface area contributed by atoms with Gasteiger partial charge in [0, 0.05) is 17.1 Å². The van der Waals surface area contributed by atoms with Crippen molar-refractivity contribution in [2.24, 2.45) is 10.1 Å². The number of rotatable bonds is 6. The van der Waals surface area contributed by atoms with Crippen molar-refractivity contribution in [2.45, 2.75) is 13.8 Å². The van der Waals surface area contributed by atoms with E-state index in [4.69, 9.17) is 14.8 Å². The zero-order chi connectivity index (χ0) is 21.8. The summed E-state index contributed by atoms with van der Waals surface area (Å²) in [5.41, 5.74) is 4.72. The number of aromatic nitrogens is 2. The number of methoxy groups -OCH3 is 1. The molecule has 0 spiro atoms. The van der Waals surface area contributed by atoms with Crippen LogP contribution in [0.25, 0.3) is 22.0 Å². The molecule has 0 aliphatic carbocycles. The van der Waals surface area contributed by atoms with E-state index in [0.717, 1.165) is 49.6 Å². The van der Waals surface area contributed by atoms with Crippen molar-refractivity contribution in [3.8, 4) is 17.0 Å². The molecular formula is C25H24N4OS. The summed E-state index contributed by atoms with van der Waals surface area (Å²) in [6.45, 7) is 8.47. The molecule has 0 bridgehead atoms. The summed E-state index contributed by atoms with van der Waals surface area (Å²) in [4.78, 5) is 9.97. The van der Waals surface area contributed by atoms with Crippen molar-refractivity contribution in [1.82, 2.24) is 9.66 Å². The molecule has 0 saturated carbocycles. The summed E-state index contributed by atoms with van der Waals surface area (Å²) in [6.07, 6.45) is 1.78. The van der Waals surface area contributed by atoms with Crippen LogP contribution < -0.4 is 9.54 Å². The zero-order valence-corrected chi connectivity index (χ0v) is 18.7. The highest BCUT2D eigenvalue weighted by atomic mass is 32.1. The van der Waals surface area contributed by atoms with Crippen molar-refractivity contribution >= 4 is 27.8 Å². The largest absolute Gasteiger partial charge is 0.497 e. The van der Waals surface area contributed by atoms with Crippen LogP contribution >= 0.6 is 11.3 Å². The van der Waals surface area contributed by atoms with Gasteiger partial charge in [-0.05, 0) is 55.0 Å². The summed E-state index contributed by atoms with van der Waals surface area (Å²) < 4.78 is 7.25. The summed E-state index contributed by atoms with van der Waals surface area (Å²) in [5.74, 6) is 0.849. The molecule has 2 aromatic carbocycles. The first-order chi connectivity index (χ1) is 15.0. The summed E-state index contributed by atoms with van der Waals surface area (Å²) in [5, 5.41) is 9.25. The van der Waals surface area contributed by atoms with Gasteiger partial charge in [0.15, 0.2) is 0 Å². The lowest BCUT2D eigenvalue weighted by molar-refractivity contribution is 0.415. The Balaban J connectivity index is 1.85. The van der Waals surface area contributed by atoms with Gasteiger partial charge in [-0.3, -0.25) is 9.98 Å². The molecule has 0 fully saturated rings. The molecule has 0 saturated heterocycles. The number of nitrogens with zero attached hydrogens (tertiary/aromatic N) is 4. The van der Waals surface area contributed by atoms with E-state index in [1.54, 1.807) is 24.6 Å². The third kappa shape index (κ3) is 4.64. The smallest absolute Gasteiger partial charge is 0.206 e. The lowest BCUT2D eigenvalue weighted by atomic mass is 10.1. The van der Waals surface area contributed by atoms with Crippen LogP contribution in [0.2, 0.25) is 0 Å². The zero-order valence-electron chi connectivity index (χ0n) is 17.9. The Kier molecular flexibility index (Phi) is 6.09. The summed E-state index contributed by atoms with van der Waals surface area (Å²) in [6, 6.07) is 18.3. The Bertz CT molecular complexity index is 1330.